The van der Waals surface area contributed by atoms with E-state index in [1.54, 1.807) is 31.3 Å². The molecular weight excluding hydrogens is 280 g/mol. The number of likely N-dealkylation sites (tertiary alicyclic amines) is 1. The van der Waals surface area contributed by atoms with Crippen molar-refractivity contribution >= 4 is 11.8 Å². The van der Waals surface area contributed by atoms with Crippen LogP contribution in [0.15, 0.2) is 24.4 Å². The molecule has 1 saturated heterocycles. The van der Waals surface area contributed by atoms with Crippen LogP contribution < -0.4 is 11.1 Å². The normalized spacial score (nSPS) is 18.6. The van der Waals surface area contributed by atoms with E-state index in [0.717, 1.165) is 12.8 Å². The Balaban J connectivity index is 1.84. The second-order valence-corrected chi connectivity index (χ2v) is 5.93. The highest BCUT2D eigenvalue weighted by Gasteiger charge is 2.28. The zero-order chi connectivity index (χ0) is 16.1. The van der Waals surface area contributed by atoms with Crippen molar-refractivity contribution in [3.05, 3.63) is 30.1 Å². The number of rotatable bonds is 4. The fourth-order valence-electron chi connectivity index (χ4n) is 2.80. The number of nitrogens with two attached hydrogens (primary N) is 1. The van der Waals surface area contributed by atoms with E-state index in [4.69, 9.17) is 5.73 Å². The van der Waals surface area contributed by atoms with Crippen molar-refractivity contribution in [2.75, 3.05) is 13.1 Å². The highest BCUT2D eigenvalue weighted by molar-refractivity contribution is 5.92. The standard InChI is InChI=1S/C16H24N4O2/c1-11(17)16(22)20-9-6-13(7-10-20)12(2)19-15(21)14-5-3-4-8-18-14/h3-5,8,11-13H,6-7,9-10,17H2,1-2H3,(H,19,21)/t11-,12?/m0/s1. The van der Waals surface area contributed by atoms with Crippen LogP contribution in [0.25, 0.3) is 0 Å². The number of nitrogens with one attached hydrogen (secondary N) is 1. The summed E-state index contributed by atoms with van der Waals surface area (Å²) in [5.74, 6) is 0.218. The molecule has 0 bridgehead atoms. The Morgan fingerprint density at radius 1 is 1.32 bits per heavy atom. The van der Waals surface area contributed by atoms with Crippen LogP contribution in [0.2, 0.25) is 0 Å². The van der Waals surface area contributed by atoms with E-state index in [1.165, 1.54) is 0 Å². The summed E-state index contributed by atoms with van der Waals surface area (Å²) in [5.41, 5.74) is 6.07. The largest absolute Gasteiger partial charge is 0.348 e. The Morgan fingerprint density at radius 3 is 2.55 bits per heavy atom. The Morgan fingerprint density at radius 2 is 2.00 bits per heavy atom. The van der Waals surface area contributed by atoms with Gasteiger partial charge in [0.05, 0.1) is 6.04 Å². The Bertz CT molecular complexity index is 510. The average Bonchev–Trinajstić information content (AvgIpc) is 2.55. The van der Waals surface area contributed by atoms with Crippen molar-refractivity contribution in [1.29, 1.82) is 0 Å². The lowest BCUT2D eigenvalue weighted by molar-refractivity contribution is -0.133. The van der Waals surface area contributed by atoms with Crippen molar-refractivity contribution in [3.63, 3.8) is 0 Å². The van der Waals surface area contributed by atoms with Crippen molar-refractivity contribution in [2.24, 2.45) is 11.7 Å². The molecule has 3 N–H and O–H groups in total. The van der Waals surface area contributed by atoms with E-state index in [-0.39, 0.29) is 17.9 Å². The number of piperidine rings is 1. The summed E-state index contributed by atoms with van der Waals surface area (Å²) >= 11 is 0. The predicted octanol–water partition coefficient (Wildman–Crippen LogP) is 0.786. The third-order valence-corrected chi connectivity index (χ3v) is 4.20. The molecule has 0 radical (unpaired) electrons. The quantitative estimate of drug-likeness (QED) is 0.860. The van der Waals surface area contributed by atoms with E-state index in [0.29, 0.717) is 24.7 Å². The van der Waals surface area contributed by atoms with E-state index in [1.807, 2.05) is 11.8 Å². The summed E-state index contributed by atoms with van der Waals surface area (Å²) in [6, 6.07) is 4.89. The van der Waals surface area contributed by atoms with Gasteiger partial charge in [0.1, 0.15) is 5.69 Å². The van der Waals surface area contributed by atoms with Gasteiger partial charge in [0, 0.05) is 25.3 Å². The summed E-state index contributed by atoms with van der Waals surface area (Å²) in [6.07, 6.45) is 3.36. The summed E-state index contributed by atoms with van der Waals surface area (Å²) in [4.78, 5) is 29.8. The van der Waals surface area contributed by atoms with Crippen molar-refractivity contribution in [2.45, 2.75) is 38.8 Å². The van der Waals surface area contributed by atoms with Crippen LogP contribution in [0.5, 0.6) is 0 Å². The zero-order valence-corrected chi connectivity index (χ0v) is 13.2. The van der Waals surface area contributed by atoms with Gasteiger partial charge in [-0.15, -0.1) is 0 Å². The van der Waals surface area contributed by atoms with Gasteiger partial charge < -0.3 is 16.0 Å². The van der Waals surface area contributed by atoms with Crippen LogP contribution in [-0.2, 0) is 4.79 Å². The van der Waals surface area contributed by atoms with E-state index < -0.39 is 6.04 Å². The molecular formula is C16H24N4O2. The fraction of sp³-hybridized carbons (Fsp3) is 0.562. The number of amides is 2. The average molecular weight is 304 g/mol. The smallest absolute Gasteiger partial charge is 0.270 e. The van der Waals surface area contributed by atoms with Gasteiger partial charge >= 0.3 is 0 Å². The van der Waals surface area contributed by atoms with Crippen molar-refractivity contribution < 1.29 is 9.59 Å². The maximum atomic E-state index is 12.1. The first-order chi connectivity index (χ1) is 10.5. The van der Waals surface area contributed by atoms with E-state index in [9.17, 15) is 9.59 Å². The Hall–Kier alpha value is -1.95. The molecule has 0 saturated carbocycles. The third-order valence-electron chi connectivity index (χ3n) is 4.20. The number of aromatic nitrogens is 1. The SMILES string of the molecule is CC(NC(=O)c1ccccn1)C1CCN(C(=O)[C@H](C)N)CC1. The molecule has 120 valence electrons. The predicted molar refractivity (Wildman–Crippen MR) is 84.1 cm³/mol. The molecule has 0 aromatic carbocycles. The number of carbonyl (C=O) groups excluding carboxylic acids is 2. The van der Waals surface area contributed by atoms with Gasteiger partial charge in [0.25, 0.3) is 5.91 Å². The lowest BCUT2D eigenvalue weighted by atomic mass is 9.90. The first-order valence-corrected chi connectivity index (χ1v) is 7.75. The molecule has 6 heteroatoms. The molecule has 2 heterocycles. The van der Waals surface area contributed by atoms with Crippen LogP contribution in [0.1, 0.15) is 37.2 Å². The topological polar surface area (TPSA) is 88.3 Å². The van der Waals surface area contributed by atoms with Crippen molar-refractivity contribution in [3.8, 4) is 0 Å². The fourth-order valence-corrected chi connectivity index (χ4v) is 2.80. The van der Waals surface area contributed by atoms with Gasteiger partial charge in [-0.05, 0) is 44.7 Å². The van der Waals surface area contributed by atoms with E-state index in [2.05, 4.69) is 10.3 Å². The van der Waals surface area contributed by atoms with Gasteiger partial charge in [-0.3, -0.25) is 14.6 Å². The molecule has 22 heavy (non-hydrogen) atoms. The van der Waals surface area contributed by atoms with Gasteiger partial charge in [-0.2, -0.15) is 0 Å². The summed E-state index contributed by atoms with van der Waals surface area (Å²) < 4.78 is 0. The molecule has 1 unspecified atom stereocenters. The lowest BCUT2D eigenvalue weighted by Crippen LogP contribution is -2.49. The molecule has 2 rings (SSSR count). The van der Waals surface area contributed by atoms with Gasteiger partial charge in [-0.25, -0.2) is 0 Å². The number of pyridine rings is 1. The minimum atomic E-state index is -0.446. The molecule has 1 fully saturated rings. The number of nitrogens with zero attached hydrogens (tertiary/aromatic N) is 2. The Labute approximate surface area is 131 Å². The molecule has 6 nitrogen and oxygen atoms in total. The maximum absolute atomic E-state index is 12.1. The lowest BCUT2D eigenvalue weighted by Gasteiger charge is -2.35. The first-order valence-electron chi connectivity index (χ1n) is 7.75. The van der Waals surface area contributed by atoms with Gasteiger partial charge in [0.15, 0.2) is 0 Å². The van der Waals surface area contributed by atoms with Gasteiger partial charge in [-0.1, -0.05) is 6.07 Å². The Kier molecular flexibility index (Phi) is 5.49. The number of hydrogen-bond donors (Lipinski definition) is 2. The number of hydrogen-bond acceptors (Lipinski definition) is 4. The minimum Gasteiger partial charge on any atom is -0.348 e. The number of carbonyl (C=O) groups is 2. The molecule has 2 atom stereocenters. The molecule has 0 spiro atoms. The first kappa shape index (κ1) is 16.4. The second-order valence-electron chi connectivity index (χ2n) is 5.93. The minimum absolute atomic E-state index is 0.00336. The molecule has 1 aromatic rings. The van der Waals surface area contributed by atoms with E-state index >= 15 is 0 Å². The van der Waals surface area contributed by atoms with Crippen LogP contribution >= 0.6 is 0 Å². The highest BCUT2D eigenvalue weighted by atomic mass is 16.2. The van der Waals surface area contributed by atoms with Crippen LogP contribution in [0.3, 0.4) is 0 Å². The summed E-state index contributed by atoms with van der Waals surface area (Å²) in [7, 11) is 0. The molecule has 1 aromatic heterocycles. The van der Waals surface area contributed by atoms with Crippen LogP contribution in [0, 0.1) is 5.92 Å². The summed E-state index contributed by atoms with van der Waals surface area (Å²) in [5, 5.41) is 3.00. The molecule has 0 aliphatic carbocycles. The molecule has 1 aliphatic rings. The monoisotopic (exact) mass is 304 g/mol. The highest BCUT2D eigenvalue weighted by Crippen LogP contribution is 2.21. The summed E-state index contributed by atoms with van der Waals surface area (Å²) in [6.45, 7) is 5.13. The third kappa shape index (κ3) is 4.04. The van der Waals surface area contributed by atoms with Crippen molar-refractivity contribution in [1.82, 2.24) is 15.2 Å². The van der Waals surface area contributed by atoms with Gasteiger partial charge in [0.2, 0.25) is 5.91 Å². The van der Waals surface area contributed by atoms with Crippen LogP contribution in [0.4, 0.5) is 0 Å². The second kappa shape index (κ2) is 7.35. The zero-order valence-electron chi connectivity index (χ0n) is 13.2. The molecule has 2 amide bonds. The maximum Gasteiger partial charge on any atom is 0.270 e. The van der Waals surface area contributed by atoms with Crippen LogP contribution in [-0.4, -0.2) is 46.9 Å². The molecule has 1 aliphatic heterocycles.